The first kappa shape index (κ1) is 17.3. The number of hydrogen-bond donors (Lipinski definition) is 2. The lowest BCUT2D eigenvalue weighted by Gasteiger charge is -2.09. The lowest BCUT2D eigenvalue weighted by atomic mass is 10.2. The zero-order valence-corrected chi connectivity index (χ0v) is 15.1. The molecule has 7 heteroatoms. The lowest BCUT2D eigenvalue weighted by Crippen LogP contribution is -2.14. The van der Waals surface area contributed by atoms with Crippen molar-refractivity contribution in [1.82, 2.24) is 0 Å². The number of anilines is 2. The van der Waals surface area contributed by atoms with Crippen LogP contribution in [0.3, 0.4) is 0 Å². The average Bonchev–Trinajstić information content (AvgIpc) is 3.01. The summed E-state index contributed by atoms with van der Waals surface area (Å²) in [6, 6.07) is 15.4. The van der Waals surface area contributed by atoms with Crippen LogP contribution in [0.15, 0.2) is 69.8 Å². The molecule has 0 saturated heterocycles. The number of halogens is 2. The van der Waals surface area contributed by atoms with E-state index in [1.54, 1.807) is 42.5 Å². The molecule has 0 aliphatic carbocycles. The molecule has 2 amide bonds. The Morgan fingerprint density at radius 3 is 2.12 bits per heavy atom. The summed E-state index contributed by atoms with van der Waals surface area (Å²) in [5, 5.41) is 5.52. The van der Waals surface area contributed by atoms with Gasteiger partial charge in [-0.15, -0.1) is 0 Å². The monoisotopic (exact) mass is 418 g/mol. The van der Waals surface area contributed by atoms with Crippen molar-refractivity contribution in [1.29, 1.82) is 0 Å². The van der Waals surface area contributed by atoms with E-state index in [2.05, 4.69) is 26.6 Å². The van der Waals surface area contributed by atoms with Gasteiger partial charge >= 0.3 is 0 Å². The molecule has 126 valence electrons. The van der Waals surface area contributed by atoms with E-state index in [0.29, 0.717) is 21.4 Å². The highest BCUT2D eigenvalue weighted by Gasteiger charge is 2.14. The van der Waals surface area contributed by atoms with Crippen LogP contribution < -0.4 is 10.6 Å². The number of hydrogen-bond acceptors (Lipinski definition) is 3. The highest BCUT2D eigenvalue weighted by atomic mass is 79.9. The maximum Gasteiger partial charge on any atom is 0.260 e. The van der Waals surface area contributed by atoms with Gasteiger partial charge in [-0.25, -0.2) is 0 Å². The van der Waals surface area contributed by atoms with Gasteiger partial charge in [-0.1, -0.05) is 18.2 Å². The van der Waals surface area contributed by atoms with Crippen molar-refractivity contribution in [3.05, 3.63) is 81.7 Å². The molecule has 0 aliphatic rings. The van der Waals surface area contributed by atoms with Gasteiger partial charge in [-0.05, 0) is 63.9 Å². The van der Waals surface area contributed by atoms with Gasteiger partial charge in [0.05, 0.1) is 17.4 Å². The number of nitrogens with one attached hydrogen (secondary N) is 2. The van der Waals surface area contributed by atoms with Gasteiger partial charge in [-0.3, -0.25) is 9.59 Å². The number of furan rings is 1. The molecule has 0 unspecified atom stereocenters. The van der Waals surface area contributed by atoms with Crippen LogP contribution in [0.4, 0.5) is 11.4 Å². The van der Waals surface area contributed by atoms with Crippen molar-refractivity contribution in [3.63, 3.8) is 0 Å². The first-order chi connectivity index (χ1) is 12.0. The quantitative estimate of drug-likeness (QED) is 0.610. The maximum atomic E-state index is 12.3. The Hall–Kier alpha value is -2.57. The third-order valence-corrected chi connectivity index (χ3v) is 4.34. The van der Waals surface area contributed by atoms with E-state index >= 15 is 0 Å². The van der Waals surface area contributed by atoms with Crippen LogP contribution in [0.2, 0.25) is 5.22 Å². The predicted octanol–water partition coefficient (Wildman–Crippen LogP) is 5.20. The van der Waals surface area contributed by atoms with Crippen molar-refractivity contribution in [3.8, 4) is 0 Å². The molecule has 2 aromatic carbocycles. The number of rotatable bonds is 4. The van der Waals surface area contributed by atoms with Gasteiger partial charge in [0, 0.05) is 15.8 Å². The Bertz CT molecular complexity index is 939. The van der Waals surface area contributed by atoms with Crippen LogP contribution in [0.1, 0.15) is 20.7 Å². The van der Waals surface area contributed by atoms with Crippen LogP contribution in [0.5, 0.6) is 0 Å². The van der Waals surface area contributed by atoms with Crippen molar-refractivity contribution in [2.75, 3.05) is 10.6 Å². The van der Waals surface area contributed by atoms with Crippen LogP contribution in [0.25, 0.3) is 0 Å². The van der Waals surface area contributed by atoms with Crippen molar-refractivity contribution in [2.24, 2.45) is 0 Å². The second-order valence-electron chi connectivity index (χ2n) is 5.08. The molecule has 0 bridgehead atoms. The van der Waals surface area contributed by atoms with E-state index in [9.17, 15) is 9.59 Å². The lowest BCUT2D eigenvalue weighted by molar-refractivity contribution is 0.101. The summed E-state index contributed by atoms with van der Waals surface area (Å²) >= 11 is 9.14. The van der Waals surface area contributed by atoms with Crippen molar-refractivity contribution < 1.29 is 14.0 Å². The molecule has 0 atom stereocenters. The van der Waals surface area contributed by atoms with E-state index in [0.717, 1.165) is 0 Å². The van der Waals surface area contributed by atoms with Crippen LogP contribution in [0, 0.1) is 0 Å². The Morgan fingerprint density at radius 2 is 1.52 bits per heavy atom. The fourth-order valence-electron chi connectivity index (χ4n) is 2.17. The Labute approximate surface area is 157 Å². The number of benzene rings is 2. The molecule has 2 N–H and O–H groups in total. The molecule has 0 saturated carbocycles. The smallest absolute Gasteiger partial charge is 0.260 e. The fourth-order valence-corrected chi connectivity index (χ4v) is 2.84. The molecular weight excluding hydrogens is 408 g/mol. The topological polar surface area (TPSA) is 71.3 Å². The van der Waals surface area contributed by atoms with E-state index in [1.165, 1.54) is 12.3 Å². The standard InChI is InChI=1S/C18H12BrClN2O3/c19-15-7-2-1-6-13(15)17(23)21-11-4-3-5-12(10-11)22-18(24)14-8-9-25-16(14)20/h1-10H,(H,21,23)(H,22,24). The van der Waals surface area contributed by atoms with Crippen molar-refractivity contribution >= 4 is 50.7 Å². The van der Waals surface area contributed by atoms with E-state index in [-0.39, 0.29) is 16.7 Å². The molecule has 3 rings (SSSR count). The molecular formula is C18H12BrClN2O3. The minimum absolute atomic E-state index is 0.0240. The number of carbonyl (C=O) groups excluding carboxylic acids is 2. The summed E-state index contributed by atoms with van der Waals surface area (Å²) in [7, 11) is 0. The number of carbonyl (C=O) groups is 2. The Kier molecular flexibility index (Phi) is 5.21. The Balaban J connectivity index is 1.74. The van der Waals surface area contributed by atoms with Gasteiger partial charge in [0.15, 0.2) is 0 Å². The summed E-state index contributed by atoms with van der Waals surface area (Å²) in [5.41, 5.74) is 1.83. The SMILES string of the molecule is O=C(Nc1cccc(NC(=O)c2ccoc2Cl)c1)c1ccccc1Br. The molecule has 3 aromatic rings. The van der Waals surface area contributed by atoms with Crippen molar-refractivity contribution in [2.45, 2.75) is 0 Å². The first-order valence-corrected chi connectivity index (χ1v) is 8.42. The molecule has 0 fully saturated rings. The van der Waals surface area contributed by atoms with Gasteiger partial charge in [0.25, 0.3) is 11.8 Å². The minimum atomic E-state index is -0.395. The minimum Gasteiger partial charge on any atom is -0.452 e. The molecule has 1 heterocycles. The van der Waals surface area contributed by atoms with E-state index in [4.69, 9.17) is 16.0 Å². The highest BCUT2D eigenvalue weighted by Crippen LogP contribution is 2.22. The molecule has 0 aliphatic heterocycles. The average molecular weight is 420 g/mol. The van der Waals surface area contributed by atoms with Gasteiger partial charge < -0.3 is 15.1 Å². The fraction of sp³-hybridized carbons (Fsp3) is 0. The molecule has 1 aromatic heterocycles. The molecule has 5 nitrogen and oxygen atoms in total. The van der Waals surface area contributed by atoms with Gasteiger partial charge in [-0.2, -0.15) is 0 Å². The second kappa shape index (κ2) is 7.55. The van der Waals surface area contributed by atoms with Gasteiger partial charge in [0.2, 0.25) is 5.22 Å². The second-order valence-corrected chi connectivity index (χ2v) is 6.27. The summed E-state index contributed by atoms with van der Waals surface area (Å²) in [6.45, 7) is 0. The van der Waals surface area contributed by atoms with Gasteiger partial charge in [0.1, 0.15) is 0 Å². The van der Waals surface area contributed by atoms with E-state index in [1.807, 2.05) is 6.07 Å². The number of amides is 2. The van der Waals surface area contributed by atoms with Crippen LogP contribution >= 0.6 is 27.5 Å². The third-order valence-electron chi connectivity index (χ3n) is 3.36. The zero-order valence-electron chi connectivity index (χ0n) is 12.8. The van der Waals surface area contributed by atoms with Crippen LogP contribution in [-0.4, -0.2) is 11.8 Å². The maximum absolute atomic E-state index is 12.3. The predicted molar refractivity (Wildman–Crippen MR) is 100 cm³/mol. The van der Waals surface area contributed by atoms with Crippen LogP contribution in [-0.2, 0) is 0 Å². The summed E-state index contributed by atoms with van der Waals surface area (Å²) in [4.78, 5) is 24.5. The molecule has 0 spiro atoms. The summed E-state index contributed by atoms with van der Waals surface area (Å²) in [6.07, 6.45) is 1.34. The zero-order chi connectivity index (χ0) is 17.8. The molecule has 0 radical (unpaired) electrons. The Morgan fingerprint density at radius 1 is 0.880 bits per heavy atom. The largest absolute Gasteiger partial charge is 0.452 e. The summed E-state index contributed by atoms with van der Waals surface area (Å²) in [5.74, 6) is -0.651. The van der Waals surface area contributed by atoms with E-state index < -0.39 is 5.91 Å². The highest BCUT2D eigenvalue weighted by molar-refractivity contribution is 9.10. The third kappa shape index (κ3) is 4.10. The normalized spacial score (nSPS) is 10.3. The first-order valence-electron chi connectivity index (χ1n) is 7.25. The summed E-state index contributed by atoms with van der Waals surface area (Å²) < 4.78 is 5.60. The molecule has 25 heavy (non-hydrogen) atoms.